The fourth-order valence-electron chi connectivity index (χ4n) is 0.923. The van der Waals surface area contributed by atoms with E-state index in [0.717, 1.165) is 0 Å². The zero-order chi connectivity index (χ0) is 10.1. The molecule has 1 rings (SSSR count). The van der Waals surface area contributed by atoms with E-state index in [9.17, 15) is 0 Å². The fourth-order valence-corrected chi connectivity index (χ4v) is 1.48. The Morgan fingerprint density at radius 1 is 1.54 bits per heavy atom. The summed E-state index contributed by atoms with van der Waals surface area (Å²) >= 11 is 11.4. The molecule has 0 aliphatic rings. The van der Waals surface area contributed by atoms with Crippen LogP contribution in [0.25, 0.3) is 0 Å². The average Bonchev–Trinajstić information content (AvgIpc) is 2.03. The summed E-state index contributed by atoms with van der Waals surface area (Å²) in [6.45, 7) is 1.47. The predicted molar refractivity (Wildman–Crippen MR) is 52.9 cm³/mol. The number of aromatic nitrogens is 1. The highest BCUT2D eigenvalue weighted by molar-refractivity contribution is 6.32. The number of aliphatic hydroxyl groups excluding tert-OH is 1. The van der Waals surface area contributed by atoms with Crippen molar-refractivity contribution in [1.82, 2.24) is 4.98 Å². The van der Waals surface area contributed by atoms with E-state index in [0.29, 0.717) is 10.7 Å². The lowest BCUT2D eigenvalue weighted by Crippen LogP contribution is -2.37. The molecule has 1 atom stereocenters. The molecule has 72 valence electrons. The van der Waals surface area contributed by atoms with Crippen molar-refractivity contribution in [3.05, 3.63) is 28.0 Å². The van der Waals surface area contributed by atoms with Crippen molar-refractivity contribution in [3.63, 3.8) is 0 Å². The van der Waals surface area contributed by atoms with Crippen LogP contribution in [-0.4, -0.2) is 16.7 Å². The molecular weight excluding hydrogens is 211 g/mol. The molecular formula is C8H10Cl2N2O. The van der Waals surface area contributed by atoms with Gasteiger partial charge in [0.05, 0.1) is 12.1 Å². The first kappa shape index (κ1) is 10.7. The van der Waals surface area contributed by atoms with Gasteiger partial charge in [-0.3, -0.25) is 0 Å². The summed E-state index contributed by atoms with van der Waals surface area (Å²) in [7, 11) is 0. The number of aliphatic hydroxyl groups is 1. The van der Waals surface area contributed by atoms with Gasteiger partial charge >= 0.3 is 0 Å². The number of pyridine rings is 1. The van der Waals surface area contributed by atoms with E-state index in [4.69, 9.17) is 34.0 Å². The summed E-state index contributed by atoms with van der Waals surface area (Å²) in [5.74, 6) is 0. The molecule has 0 saturated heterocycles. The molecule has 0 aromatic carbocycles. The third-order valence-corrected chi connectivity index (χ3v) is 2.26. The first-order chi connectivity index (χ1) is 5.97. The normalized spacial score (nSPS) is 15.5. The van der Waals surface area contributed by atoms with Crippen LogP contribution in [0.15, 0.2) is 12.1 Å². The van der Waals surface area contributed by atoms with Crippen LogP contribution in [0, 0.1) is 0 Å². The molecule has 0 saturated carbocycles. The Morgan fingerprint density at radius 3 is 2.62 bits per heavy atom. The molecule has 3 nitrogen and oxygen atoms in total. The summed E-state index contributed by atoms with van der Waals surface area (Å²) in [6, 6.07) is 3.25. The molecule has 0 unspecified atom stereocenters. The Morgan fingerprint density at radius 2 is 2.15 bits per heavy atom. The van der Waals surface area contributed by atoms with Crippen LogP contribution in [0.1, 0.15) is 12.5 Å². The Labute approximate surface area is 86.5 Å². The number of nitrogens with two attached hydrogens (primary N) is 1. The maximum Gasteiger partial charge on any atom is 0.135 e. The van der Waals surface area contributed by atoms with Crippen molar-refractivity contribution in [1.29, 1.82) is 0 Å². The Bertz CT molecular complexity index is 315. The van der Waals surface area contributed by atoms with E-state index in [2.05, 4.69) is 4.98 Å². The van der Waals surface area contributed by atoms with Gasteiger partial charge in [0.2, 0.25) is 0 Å². The van der Waals surface area contributed by atoms with Crippen molar-refractivity contribution in [3.8, 4) is 0 Å². The van der Waals surface area contributed by atoms with Crippen LogP contribution in [-0.2, 0) is 5.54 Å². The molecule has 0 bridgehead atoms. The molecule has 1 aromatic heterocycles. The summed E-state index contributed by atoms with van der Waals surface area (Å²) in [4.78, 5) is 3.83. The maximum atomic E-state index is 9.00. The van der Waals surface area contributed by atoms with Crippen LogP contribution in [0.3, 0.4) is 0 Å². The van der Waals surface area contributed by atoms with Crippen molar-refractivity contribution >= 4 is 23.2 Å². The number of halogens is 2. The summed E-state index contributed by atoms with van der Waals surface area (Å²) in [5.41, 5.74) is 5.47. The van der Waals surface area contributed by atoms with E-state index >= 15 is 0 Å². The minimum atomic E-state index is -0.880. The molecule has 13 heavy (non-hydrogen) atoms. The van der Waals surface area contributed by atoms with Crippen molar-refractivity contribution in [2.45, 2.75) is 12.5 Å². The molecule has 0 fully saturated rings. The van der Waals surface area contributed by atoms with Crippen LogP contribution in [0.4, 0.5) is 0 Å². The molecule has 3 N–H and O–H groups in total. The zero-order valence-electron chi connectivity index (χ0n) is 7.09. The first-order valence-corrected chi connectivity index (χ1v) is 4.45. The predicted octanol–water partition coefficient (Wildman–Crippen LogP) is 1.55. The fraction of sp³-hybridized carbons (Fsp3) is 0.375. The van der Waals surface area contributed by atoms with Crippen LogP contribution in [0.2, 0.25) is 10.3 Å². The van der Waals surface area contributed by atoms with Crippen molar-refractivity contribution in [2.75, 3.05) is 6.61 Å². The monoisotopic (exact) mass is 220 g/mol. The standard InChI is InChI=1S/C8H10Cl2N2O/c1-8(11,4-13)5-2-3-6(9)12-7(5)10/h2-3,13H,4,11H2,1H3/t8-/m1/s1. The lowest BCUT2D eigenvalue weighted by Gasteiger charge is -2.22. The van der Waals surface area contributed by atoms with Gasteiger partial charge < -0.3 is 10.8 Å². The maximum absolute atomic E-state index is 9.00. The SMILES string of the molecule is C[C@@](N)(CO)c1ccc(Cl)nc1Cl. The lowest BCUT2D eigenvalue weighted by atomic mass is 9.96. The van der Waals surface area contributed by atoms with Gasteiger partial charge in [-0.05, 0) is 13.0 Å². The number of hydrogen-bond donors (Lipinski definition) is 2. The van der Waals surface area contributed by atoms with Gasteiger partial charge in [0, 0.05) is 5.56 Å². The smallest absolute Gasteiger partial charge is 0.135 e. The van der Waals surface area contributed by atoms with Gasteiger partial charge in [-0.15, -0.1) is 0 Å². The first-order valence-electron chi connectivity index (χ1n) is 3.69. The highest BCUT2D eigenvalue weighted by Gasteiger charge is 2.23. The minimum Gasteiger partial charge on any atom is -0.394 e. The second-order valence-electron chi connectivity index (χ2n) is 3.05. The summed E-state index contributed by atoms with van der Waals surface area (Å²) in [6.07, 6.45) is 0. The van der Waals surface area contributed by atoms with Gasteiger partial charge in [-0.25, -0.2) is 4.98 Å². The number of nitrogens with zero attached hydrogens (tertiary/aromatic N) is 1. The minimum absolute atomic E-state index is 0.198. The largest absolute Gasteiger partial charge is 0.394 e. The molecule has 1 heterocycles. The Balaban J connectivity index is 3.16. The molecule has 0 amide bonds. The van der Waals surface area contributed by atoms with Gasteiger partial charge in [0.15, 0.2) is 0 Å². The van der Waals surface area contributed by atoms with E-state index in [1.54, 1.807) is 19.1 Å². The van der Waals surface area contributed by atoms with E-state index in [-0.39, 0.29) is 11.8 Å². The van der Waals surface area contributed by atoms with Gasteiger partial charge in [-0.2, -0.15) is 0 Å². The van der Waals surface area contributed by atoms with E-state index in [1.165, 1.54) is 0 Å². The molecule has 0 spiro atoms. The second kappa shape index (κ2) is 3.80. The molecule has 0 radical (unpaired) electrons. The van der Waals surface area contributed by atoms with Gasteiger partial charge in [0.1, 0.15) is 10.3 Å². The number of hydrogen-bond acceptors (Lipinski definition) is 3. The number of rotatable bonds is 2. The highest BCUT2D eigenvalue weighted by atomic mass is 35.5. The summed E-state index contributed by atoms with van der Waals surface area (Å²) < 4.78 is 0. The topological polar surface area (TPSA) is 59.1 Å². The third-order valence-electron chi connectivity index (χ3n) is 1.76. The Kier molecular flexibility index (Phi) is 3.14. The van der Waals surface area contributed by atoms with Crippen LogP contribution in [0.5, 0.6) is 0 Å². The quantitative estimate of drug-likeness (QED) is 0.745. The van der Waals surface area contributed by atoms with Gasteiger partial charge in [-0.1, -0.05) is 29.3 Å². The van der Waals surface area contributed by atoms with Crippen molar-refractivity contribution in [2.24, 2.45) is 5.73 Å². The van der Waals surface area contributed by atoms with E-state index in [1.807, 2.05) is 0 Å². The highest BCUT2D eigenvalue weighted by Crippen LogP contribution is 2.25. The molecule has 5 heteroatoms. The van der Waals surface area contributed by atoms with E-state index < -0.39 is 5.54 Å². The summed E-state index contributed by atoms with van der Waals surface area (Å²) in [5, 5.41) is 9.53. The zero-order valence-corrected chi connectivity index (χ0v) is 8.60. The van der Waals surface area contributed by atoms with Crippen molar-refractivity contribution < 1.29 is 5.11 Å². The van der Waals surface area contributed by atoms with Gasteiger partial charge in [0.25, 0.3) is 0 Å². The van der Waals surface area contributed by atoms with Crippen LogP contribution < -0.4 is 5.73 Å². The molecule has 1 aromatic rings. The Hall–Kier alpha value is -0.350. The third kappa shape index (κ3) is 2.31. The molecule has 0 aliphatic carbocycles. The lowest BCUT2D eigenvalue weighted by molar-refractivity contribution is 0.210. The molecule has 0 aliphatic heterocycles. The van der Waals surface area contributed by atoms with Crippen LogP contribution >= 0.6 is 23.2 Å². The average molecular weight is 221 g/mol. The second-order valence-corrected chi connectivity index (χ2v) is 3.79.